The Morgan fingerprint density at radius 2 is 1.88 bits per heavy atom. The van der Waals surface area contributed by atoms with Gasteiger partial charge in [0.25, 0.3) is 0 Å². The van der Waals surface area contributed by atoms with Crippen molar-refractivity contribution in [2.45, 2.75) is 50.6 Å². The number of aromatic nitrogens is 1. The molecule has 2 amide bonds. The Labute approximate surface area is 143 Å². The van der Waals surface area contributed by atoms with E-state index in [-0.39, 0.29) is 12.1 Å². The molecule has 0 bridgehead atoms. The van der Waals surface area contributed by atoms with Crippen molar-refractivity contribution in [1.82, 2.24) is 20.1 Å². The molecule has 1 aliphatic heterocycles. The van der Waals surface area contributed by atoms with E-state index in [4.69, 9.17) is 0 Å². The fourth-order valence-corrected chi connectivity index (χ4v) is 3.89. The number of carbonyl (C=O) groups is 2. The molecule has 6 nitrogen and oxygen atoms in total. The third-order valence-electron chi connectivity index (χ3n) is 5.26. The molecule has 3 rings (SSSR count). The summed E-state index contributed by atoms with van der Waals surface area (Å²) in [6, 6.07) is 4.40. The molecule has 2 N–H and O–H groups in total. The SMILES string of the molecule is Cn1cccc1[C@@H](CNC(=O)C(=O)NC1CCCC1)N1CCCC1. The van der Waals surface area contributed by atoms with Crippen LogP contribution in [0.4, 0.5) is 0 Å². The summed E-state index contributed by atoms with van der Waals surface area (Å²) in [4.78, 5) is 26.6. The van der Waals surface area contributed by atoms with Crippen molar-refractivity contribution in [3.63, 3.8) is 0 Å². The number of hydrogen-bond acceptors (Lipinski definition) is 3. The Hall–Kier alpha value is -1.82. The molecule has 1 aromatic heterocycles. The van der Waals surface area contributed by atoms with Crippen molar-refractivity contribution in [1.29, 1.82) is 0 Å². The molecule has 0 spiro atoms. The lowest BCUT2D eigenvalue weighted by Crippen LogP contribution is -2.46. The van der Waals surface area contributed by atoms with E-state index in [0.717, 1.165) is 38.8 Å². The van der Waals surface area contributed by atoms with Crippen LogP contribution >= 0.6 is 0 Å². The van der Waals surface area contributed by atoms with Crippen LogP contribution in [0.3, 0.4) is 0 Å². The van der Waals surface area contributed by atoms with Crippen molar-refractivity contribution in [2.75, 3.05) is 19.6 Å². The van der Waals surface area contributed by atoms with Gasteiger partial charge < -0.3 is 15.2 Å². The minimum Gasteiger partial charge on any atom is -0.353 e. The predicted octanol–water partition coefficient (Wildman–Crippen LogP) is 1.34. The van der Waals surface area contributed by atoms with E-state index in [1.807, 2.05) is 19.3 Å². The Balaban J connectivity index is 1.57. The van der Waals surface area contributed by atoms with Crippen LogP contribution in [0.2, 0.25) is 0 Å². The second kappa shape index (κ2) is 7.83. The highest BCUT2D eigenvalue weighted by Crippen LogP contribution is 2.24. The van der Waals surface area contributed by atoms with Gasteiger partial charge in [-0.3, -0.25) is 14.5 Å². The van der Waals surface area contributed by atoms with Gasteiger partial charge >= 0.3 is 11.8 Å². The Bertz CT molecular complexity index is 571. The molecule has 24 heavy (non-hydrogen) atoms. The van der Waals surface area contributed by atoms with Gasteiger partial charge in [0, 0.05) is 31.5 Å². The van der Waals surface area contributed by atoms with E-state index in [2.05, 4.69) is 26.2 Å². The summed E-state index contributed by atoms with van der Waals surface area (Å²) in [5, 5.41) is 5.69. The highest BCUT2D eigenvalue weighted by molar-refractivity contribution is 6.35. The summed E-state index contributed by atoms with van der Waals surface area (Å²) in [5.74, 6) is -1.01. The van der Waals surface area contributed by atoms with Gasteiger partial charge in [-0.15, -0.1) is 0 Å². The van der Waals surface area contributed by atoms with Crippen LogP contribution in [0, 0.1) is 0 Å². The molecule has 1 atom stereocenters. The van der Waals surface area contributed by atoms with Gasteiger partial charge in [0.1, 0.15) is 0 Å². The molecular weight excluding hydrogens is 304 g/mol. The van der Waals surface area contributed by atoms with Gasteiger partial charge in [0.2, 0.25) is 0 Å². The number of aryl methyl sites for hydroxylation is 1. The first-order valence-corrected chi connectivity index (χ1v) is 9.09. The predicted molar refractivity (Wildman–Crippen MR) is 92.4 cm³/mol. The second-order valence-corrected chi connectivity index (χ2v) is 6.97. The first kappa shape index (κ1) is 17.0. The lowest BCUT2D eigenvalue weighted by atomic mass is 10.1. The number of rotatable bonds is 5. The molecule has 1 aliphatic carbocycles. The smallest absolute Gasteiger partial charge is 0.309 e. The quantitative estimate of drug-likeness (QED) is 0.800. The van der Waals surface area contributed by atoms with Gasteiger partial charge in [-0.2, -0.15) is 0 Å². The topological polar surface area (TPSA) is 66.4 Å². The van der Waals surface area contributed by atoms with Gasteiger partial charge in [0.15, 0.2) is 0 Å². The van der Waals surface area contributed by atoms with E-state index in [1.54, 1.807) is 0 Å². The van der Waals surface area contributed by atoms with Crippen molar-refractivity contribution in [3.05, 3.63) is 24.0 Å². The second-order valence-electron chi connectivity index (χ2n) is 6.97. The number of nitrogens with zero attached hydrogens (tertiary/aromatic N) is 2. The third kappa shape index (κ3) is 3.98. The fourth-order valence-electron chi connectivity index (χ4n) is 3.89. The van der Waals surface area contributed by atoms with E-state index < -0.39 is 11.8 Å². The zero-order chi connectivity index (χ0) is 16.9. The lowest BCUT2D eigenvalue weighted by Gasteiger charge is -2.28. The van der Waals surface area contributed by atoms with Crippen molar-refractivity contribution in [3.8, 4) is 0 Å². The summed E-state index contributed by atoms with van der Waals surface area (Å²) < 4.78 is 2.09. The van der Waals surface area contributed by atoms with E-state index in [0.29, 0.717) is 6.54 Å². The summed E-state index contributed by atoms with van der Waals surface area (Å²) in [7, 11) is 2.02. The van der Waals surface area contributed by atoms with Crippen LogP contribution in [0.5, 0.6) is 0 Å². The van der Waals surface area contributed by atoms with Crippen molar-refractivity contribution >= 4 is 11.8 Å². The van der Waals surface area contributed by atoms with Gasteiger partial charge in [-0.1, -0.05) is 12.8 Å². The molecular formula is C18H28N4O2. The average molecular weight is 332 g/mol. The minimum atomic E-state index is -0.514. The maximum absolute atomic E-state index is 12.2. The van der Waals surface area contributed by atoms with Crippen molar-refractivity contribution < 1.29 is 9.59 Å². The average Bonchev–Trinajstić information content (AvgIpc) is 3.31. The van der Waals surface area contributed by atoms with E-state index in [9.17, 15) is 9.59 Å². The molecule has 0 unspecified atom stereocenters. The van der Waals surface area contributed by atoms with Gasteiger partial charge in [0.05, 0.1) is 6.04 Å². The highest BCUT2D eigenvalue weighted by Gasteiger charge is 2.27. The Morgan fingerprint density at radius 1 is 1.17 bits per heavy atom. The van der Waals surface area contributed by atoms with Crippen molar-refractivity contribution in [2.24, 2.45) is 7.05 Å². The number of nitrogens with one attached hydrogen (secondary N) is 2. The first-order chi connectivity index (χ1) is 11.6. The summed E-state index contributed by atoms with van der Waals surface area (Å²) in [5.41, 5.74) is 1.17. The minimum absolute atomic E-state index is 0.121. The summed E-state index contributed by atoms with van der Waals surface area (Å²) in [6.07, 6.45) is 8.65. The Kier molecular flexibility index (Phi) is 5.56. The van der Waals surface area contributed by atoms with Crippen LogP contribution < -0.4 is 10.6 Å². The number of hydrogen-bond donors (Lipinski definition) is 2. The largest absolute Gasteiger partial charge is 0.353 e. The van der Waals surface area contributed by atoms with Crippen LogP contribution in [-0.2, 0) is 16.6 Å². The van der Waals surface area contributed by atoms with E-state index >= 15 is 0 Å². The molecule has 2 heterocycles. The van der Waals surface area contributed by atoms with E-state index in [1.165, 1.54) is 18.5 Å². The lowest BCUT2D eigenvalue weighted by molar-refractivity contribution is -0.139. The Morgan fingerprint density at radius 3 is 2.50 bits per heavy atom. The molecule has 0 radical (unpaired) electrons. The zero-order valence-corrected chi connectivity index (χ0v) is 14.5. The molecule has 2 aliphatic rings. The maximum Gasteiger partial charge on any atom is 0.309 e. The third-order valence-corrected chi connectivity index (χ3v) is 5.26. The van der Waals surface area contributed by atoms with Crippen LogP contribution in [-0.4, -0.2) is 47.0 Å². The fraction of sp³-hybridized carbons (Fsp3) is 0.667. The molecule has 132 valence electrons. The molecule has 2 fully saturated rings. The molecule has 1 aromatic rings. The zero-order valence-electron chi connectivity index (χ0n) is 14.5. The number of carbonyl (C=O) groups excluding carboxylic acids is 2. The molecule has 1 saturated carbocycles. The van der Waals surface area contributed by atoms with Crippen LogP contribution in [0.15, 0.2) is 18.3 Å². The highest BCUT2D eigenvalue weighted by atomic mass is 16.2. The van der Waals surface area contributed by atoms with Gasteiger partial charge in [-0.25, -0.2) is 0 Å². The summed E-state index contributed by atoms with van der Waals surface area (Å²) >= 11 is 0. The van der Waals surface area contributed by atoms with Crippen LogP contribution in [0.1, 0.15) is 50.3 Å². The summed E-state index contributed by atoms with van der Waals surface area (Å²) in [6.45, 7) is 2.55. The standard InChI is InChI=1S/C18H28N4O2/c1-21-10-6-9-15(21)16(22-11-4-5-12-22)13-19-17(23)18(24)20-14-7-2-3-8-14/h6,9-10,14,16H,2-5,7-8,11-13H2,1H3,(H,19,23)(H,20,24)/t16-/m1/s1. The molecule has 6 heteroatoms. The maximum atomic E-state index is 12.2. The number of amides is 2. The van der Waals surface area contributed by atoms with Gasteiger partial charge in [-0.05, 0) is 50.9 Å². The first-order valence-electron chi connectivity index (χ1n) is 9.09. The van der Waals surface area contributed by atoms with Crippen LogP contribution in [0.25, 0.3) is 0 Å². The normalized spacial score (nSPS) is 20.2. The molecule has 0 aromatic carbocycles. The molecule has 1 saturated heterocycles. The number of likely N-dealkylation sites (tertiary alicyclic amines) is 1. The monoisotopic (exact) mass is 332 g/mol.